The van der Waals surface area contributed by atoms with E-state index in [0.717, 1.165) is 0 Å². The molecule has 0 aliphatic carbocycles. The average Bonchev–Trinajstić information content (AvgIpc) is 2.00. The molecule has 13 heavy (non-hydrogen) atoms. The van der Waals surface area contributed by atoms with Crippen LogP contribution in [0.5, 0.6) is 0 Å². The average molecular weight is 176 g/mol. The summed E-state index contributed by atoms with van der Waals surface area (Å²) in [5, 5.41) is 0. The largest absolute Gasteiger partial charge is 0.414 e. The van der Waals surface area contributed by atoms with E-state index in [2.05, 4.69) is 11.8 Å². The first kappa shape index (κ1) is 9.60. The molecular formula is C11H12O2. The topological polar surface area (TPSA) is 30.2 Å². The molecule has 1 rings (SSSR count). The van der Waals surface area contributed by atoms with Crippen LogP contribution in [0.1, 0.15) is 26.5 Å². The van der Waals surface area contributed by atoms with Crippen LogP contribution in [-0.2, 0) is 0 Å². The zero-order chi connectivity index (χ0) is 9.90. The van der Waals surface area contributed by atoms with E-state index in [1.165, 1.54) is 6.07 Å². The summed E-state index contributed by atoms with van der Waals surface area (Å²) >= 11 is 0. The van der Waals surface area contributed by atoms with Crippen molar-refractivity contribution in [2.45, 2.75) is 20.8 Å². The molecule has 0 saturated heterocycles. The van der Waals surface area contributed by atoms with E-state index in [1.54, 1.807) is 12.1 Å². The maximum atomic E-state index is 10.8. The molecule has 0 radical (unpaired) electrons. The third-order valence-corrected chi connectivity index (χ3v) is 1.25. The van der Waals surface area contributed by atoms with Crippen molar-refractivity contribution in [2.75, 3.05) is 0 Å². The van der Waals surface area contributed by atoms with Crippen LogP contribution in [0.25, 0.3) is 0 Å². The van der Waals surface area contributed by atoms with Gasteiger partial charge in [-0.25, -0.2) is 4.79 Å². The molecule has 0 aromatic carbocycles. The molecule has 0 atom stereocenters. The Morgan fingerprint density at radius 1 is 1.31 bits per heavy atom. The van der Waals surface area contributed by atoms with Crippen LogP contribution in [-0.4, -0.2) is 0 Å². The van der Waals surface area contributed by atoms with Gasteiger partial charge in [0.2, 0.25) is 0 Å². The Kier molecular flexibility index (Phi) is 2.57. The van der Waals surface area contributed by atoms with Crippen LogP contribution >= 0.6 is 0 Å². The Morgan fingerprint density at radius 3 is 2.54 bits per heavy atom. The van der Waals surface area contributed by atoms with Crippen molar-refractivity contribution in [3.8, 4) is 11.8 Å². The van der Waals surface area contributed by atoms with E-state index in [4.69, 9.17) is 4.42 Å². The van der Waals surface area contributed by atoms with Crippen molar-refractivity contribution in [1.82, 2.24) is 0 Å². The van der Waals surface area contributed by atoms with Gasteiger partial charge in [0, 0.05) is 11.5 Å². The molecule has 0 aliphatic heterocycles. The smallest absolute Gasteiger partial charge is 0.336 e. The highest BCUT2D eigenvalue weighted by molar-refractivity contribution is 5.25. The molecule has 0 amide bonds. The lowest BCUT2D eigenvalue weighted by molar-refractivity contribution is 0.497. The second-order valence-corrected chi connectivity index (χ2v) is 3.81. The third-order valence-electron chi connectivity index (χ3n) is 1.25. The highest BCUT2D eigenvalue weighted by atomic mass is 16.4. The Morgan fingerprint density at radius 2 is 2.00 bits per heavy atom. The van der Waals surface area contributed by atoms with E-state index < -0.39 is 0 Å². The van der Waals surface area contributed by atoms with Crippen molar-refractivity contribution in [2.24, 2.45) is 5.41 Å². The zero-order valence-corrected chi connectivity index (χ0v) is 8.05. The van der Waals surface area contributed by atoms with E-state index >= 15 is 0 Å². The molecule has 2 heteroatoms. The Hall–Kier alpha value is -1.49. The SMILES string of the molecule is CC(C)(C)C#Cc1cccc(=O)o1. The van der Waals surface area contributed by atoms with Crippen molar-refractivity contribution in [1.29, 1.82) is 0 Å². The summed E-state index contributed by atoms with van der Waals surface area (Å²) in [5.74, 6) is 6.21. The predicted octanol–water partition coefficient (Wildman–Crippen LogP) is 2.04. The maximum absolute atomic E-state index is 10.8. The monoisotopic (exact) mass is 176 g/mol. The van der Waals surface area contributed by atoms with Gasteiger partial charge in [-0.1, -0.05) is 12.0 Å². The van der Waals surface area contributed by atoms with Crippen molar-refractivity contribution in [3.63, 3.8) is 0 Å². The van der Waals surface area contributed by atoms with Crippen LogP contribution < -0.4 is 5.63 Å². The van der Waals surface area contributed by atoms with Gasteiger partial charge < -0.3 is 4.42 Å². The minimum Gasteiger partial charge on any atom is -0.414 e. The summed E-state index contributed by atoms with van der Waals surface area (Å²) < 4.78 is 4.84. The molecule has 0 N–H and O–H groups in total. The van der Waals surface area contributed by atoms with Gasteiger partial charge >= 0.3 is 5.63 Å². The summed E-state index contributed by atoms with van der Waals surface area (Å²) in [6.45, 7) is 6.00. The molecule has 0 aliphatic rings. The highest BCUT2D eigenvalue weighted by Gasteiger charge is 2.03. The number of hydrogen-bond donors (Lipinski definition) is 0. The molecule has 2 nitrogen and oxygen atoms in total. The normalized spacial score (nSPS) is 10.4. The van der Waals surface area contributed by atoms with E-state index in [0.29, 0.717) is 5.76 Å². The standard InChI is InChI=1S/C11H12O2/c1-11(2,3)8-7-9-5-4-6-10(12)13-9/h4-6H,1-3H3. The van der Waals surface area contributed by atoms with Gasteiger partial charge in [0.1, 0.15) is 0 Å². The lowest BCUT2D eigenvalue weighted by atomic mass is 9.98. The second-order valence-electron chi connectivity index (χ2n) is 3.81. The lowest BCUT2D eigenvalue weighted by Gasteiger charge is -2.06. The molecule has 1 aromatic rings. The summed E-state index contributed by atoms with van der Waals surface area (Å²) in [4.78, 5) is 10.8. The fourth-order valence-corrected chi connectivity index (χ4v) is 0.707. The summed E-state index contributed by atoms with van der Waals surface area (Å²) in [6.07, 6.45) is 0. The van der Waals surface area contributed by atoms with E-state index in [1.807, 2.05) is 20.8 Å². The van der Waals surface area contributed by atoms with Crippen LogP contribution in [0, 0.1) is 17.3 Å². The van der Waals surface area contributed by atoms with Gasteiger partial charge in [0.25, 0.3) is 0 Å². The van der Waals surface area contributed by atoms with E-state index in [9.17, 15) is 4.79 Å². The van der Waals surface area contributed by atoms with Crippen molar-refractivity contribution < 1.29 is 4.42 Å². The molecule has 0 saturated carbocycles. The fraction of sp³-hybridized carbons (Fsp3) is 0.364. The minimum absolute atomic E-state index is 0.0750. The minimum atomic E-state index is -0.360. The van der Waals surface area contributed by atoms with Crippen LogP contribution in [0.2, 0.25) is 0 Å². The Labute approximate surface area is 77.6 Å². The molecule has 0 fully saturated rings. The Balaban J connectivity index is 2.97. The molecule has 1 heterocycles. The first-order valence-electron chi connectivity index (χ1n) is 4.11. The van der Waals surface area contributed by atoms with Gasteiger partial charge in [-0.2, -0.15) is 0 Å². The van der Waals surface area contributed by atoms with Gasteiger partial charge in [-0.05, 0) is 32.8 Å². The first-order valence-corrected chi connectivity index (χ1v) is 4.11. The van der Waals surface area contributed by atoms with Gasteiger partial charge in [0.15, 0.2) is 5.76 Å². The second kappa shape index (κ2) is 3.49. The summed E-state index contributed by atoms with van der Waals surface area (Å²) in [6, 6.07) is 4.68. The molecule has 1 aromatic heterocycles. The maximum Gasteiger partial charge on any atom is 0.336 e. The first-order chi connectivity index (χ1) is 5.97. The highest BCUT2D eigenvalue weighted by Crippen LogP contribution is 2.10. The number of hydrogen-bond acceptors (Lipinski definition) is 2. The zero-order valence-electron chi connectivity index (χ0n) is 8.05. The summed E-state index contributed by atoms with van der Waals surface area (Å²) in [5.41, 5.74) is -0.435. The molecule has 0 spiro atoms. The quantitative estimate of drug-likeness (QED) is 0.566. The van der Waals surface area contributed by atoms with E-state index in [-0.39, 0.29) is 11.0 Å². The fourth-order valence-electron chi connectivity index (χ4n) is 0.707. The molecule has 0 bridgehead atoms. The predicted molar refractivity (Wildman–Crippen MR) is 51.3 cm³/mol. The van der Waals surface area contributed by atoms with Crippen molar-refractivity contribution in [3.05, 3.63) is 34.4 Å². The lowest BCUT2D eigenvalue weighted by Crippen LogP contribution is -2.00. The van der Waals surface area contributed by atoms with Crippen molar-refractivity contribution >= 4 is 0 Å². The molecule has 0 unspecified atom stereocenters. The summed E-state index contributed by atoms with van der Waals surface area (Å²) in [7, 11) is 0. The van der Waals surface area contributed by atoms with Crippen LogP contribution in [0.15, 0.2) is 27.4 Å². The Bertz CT molecular complexity index is 396. The van der Waals surface area contributed by atoms with Crippen LogP contribution in [0.4, 0.5) is 0 Å². The molecular weight excluding hydrogens is 164 g/mol. The molecule has 68 valence electrons. The van der Waals surface area contributed by atoms with Gasteiger partial charge in [-0.3, -0.25) is 0 Å². The van der Waals surface area contributed by atoms with Gasteiger partial charge in [0.05, 0.1) is 0 Å². The van der Waals surface area contributed by atoms with Gasteiger partial charge in [-0.15, -0.1) is 0 Å². The number of rotatable bonds is 0. The van der Waals surface area contributed by atoms with Crippen LogP contribution in [0.3, 0.4) is 0 Å². The third kappa shape index (κ3) is 3.62.